The summed E-state index contributed by atoms with van der Waals surface area (Å²) in [6.45, 7) is 11.1. The molecule has 0 saturated heterocycles. The third-order valence-corrected chi connectivity index (χ3v) is 3.32. The standard InChI is InChI=1S/C13H20N4O.2C2H6/c1-3-10(5-4-7-14-2)17-12-6-8-15-9-11(12)16-13(17)18;2*1-2/h6,8-10,14H,3-5,7H2,1-2H3,(H,16,18);2*1-2H3. The maximum Gasteiger partial charge on any atom is 0.326 e. The topological polar surface area (TPSA) is 62.7 Å². The Morgan fingerprint density at radius 3 is 2.59 bits per heavy atom. The molecule has 5 heteroatoms. The van der Waals surface area contributed by atoms with Crippen molar-refractivity contribution in [3.05, 3.63) is 28.9 Å². The number of hydrogen-bond acceptors (Lipinski definition) is 3. The predicted molar refractivity (Wildman–Crippen MR) is 95.5 cm³/mol. The molecule has 0 spiro atoms. The fourth-order valence-corrected chi connectivity index (χ4v) is 2.37. The zero-order valence-electron chi connectivity index (χ0n) is 14.9. The Labute approximate surface area is 134 Å². The molecular formula is C17H32N4O. The Morgan fingerprint density at radius 1 is 1.32 bits per heavy atom. The van der Waals surface area contributed by atoms with Crippen LogP contribution in [0.5, 0.6) is 0 Å². The molecular weight excluding hydrogens is 276 g/mol. The van der Waals surface area contributed by atoms with Gasteiger partial charge in [0.15, 0.2) is 0 Å². The quantitative estimate of drug-likeness (QED) is 0.799. The molecule has 5 nitrogen and oxygen atoms in total. The number of nitrogens with zero attached hydrogens (tertiary/aromatic N) is 2. The molecule has 2 N–H and O–H groups in total. The van der Waals surface area contributed by atoms with Crippen LogP contribution in [0.25, 0.3) is 11.0 Å². The summed E-state index contributed by atoms with van der Waals surface area (Å²) in [5, 5.41) is 3.14. The van der Waals surface area contributed by atoms with Crippen LogP contribution in [0.4, 0.5) is 0 Å². The van der Waals surface area contributed by atoms with Crippen molar-refractivity contribution in [1.82, 2.24) is 19.9 Å². The molecule has 1 unspecified atom stereocenters. The van der Waals surface area contributed by atoms with Gasteiger partial charge in [0.25, 0.3) is 0 Å². The molecule has 0 aliphatic carbocycles. The summed E-state index contributed by atoms with van der Waals surface area (Å²) in [5.41, 5.74) is 1.73. The Hall–Kier alpha value is -1.62. The van der Waals surface area contributed by atoms with E-state index < -0.39 is 0 Å². The van der Waals surface area contributed by atoms with Crippen molar-refractivity contribution in [3.63, 3.8) is 0 Å². The number of H-pyrrole nitrogens is 1. The van der Waals surface area contributed by atoms with E-state index in [1.165, 1.54) is 0 Å². The summed E-state index contributed by atoms with van der Waals surface area (Å²) in [5.74, 6) is 0. The largest absolute Gasteiger partial charge is 0.326 e. The SMILES string of the molecule is CC.CC.CCC(CCCNC)n1c(=O)[nH]c2cnccc21. The van der Waals surface area contributed by atoms with E-state index in [0.29, 0.717) is 0 Å². The predicted octanol–water partition coefficient (Wildman–Crippen LogP) is 3.73. The number of imidazole rings is 1. The molecule has 2 rings (SSSR count). The van der Waals surface area contributed by atoms with Crippen molar-refractivity contribution in [2.45, 2.75) is 59.9 Å². The van der Waals surface area contributed by atoms with E-state index in [4.69, 9.17) is 0 Å². The first-order valence-electron chi connectivity index (χ1n) is 8.46. The van der Waals surface area contributed by atoms with Crippen molar-refractivity contribution in [2.75, 3.05) is 13.6 Å². The molecule has 0 aliphatic rings. The Morgan fingerprint density at radius 2 is 2.00 bits per heavy atom. The van der Waals surface area contributed by atoms with Crippen LogP contribution >= 0.6 is 0 Å². The fraction of sp³-hybridized carbons (Fsp3) is 0.647. The average molecular weight is 308 g/mol. The fourth-order valence-electron chi connectivity index (χ4n) is 2.37. The lowest BCUT2D eigenvalue weighted by Gasteiger charge is -2.16. The zero-order valence-corrected chi connectivity index (χ0v) is 14.9. The molecule has 0 aliphatic heterocycles. The van der Waals surface area contributed by atoms with Gasteiger partial charge in [-0.15, -0.1) is 0 Å². The third-order valence-electron chi connectivity index (χ3n) is 3.32. The summed E-state index contributed by atoms with van der Waals surface area (Å²) in [6.07, 6.45) is 6.46. The molecule has 0 radical (unpaired) electrons. The van der Waals surface area contributed by atoms with E-state index in [0.717, 1.165) is 36.8 Å². The van der Waals surface area contributed by atoms with Crippen LogP contribution in [0.1, 0.15) is 59.9 Å². The first-order chi connectivity index (χ1) is 10.8. The van der Waals surface area contributed by atoms with Crippen molar-refractivity contribution in [1.29, 1.82) is 0 Å². The van der Waals surface area contributed by atoms with E-state index >= 15 is 0 Å². The summed E-state index contributed by atoms with van der Waals surface area (Å²) >= 11 is 0. The summed E-state index contributed by atoms with van der Waals surface area (Å²) in [6, 6.07) is 2.15. The van der Waals surface area contributed by atoms with Crippen molar-refractivity contribution in [2.24, 2.45) is 0 Å². The highest BCUT2D eigenvalue weighted by atomic mass is 16.1. The number of fused-ring (bicyclic) bond motifs is 1. The van der Waals surface area contributed by atoms with Crippen LogP contribution in [-0.2, 0) is 0 Å². The van der Waals surface area contributed by atoms with Crippen LogP contribution in [0.2, 0.25) is 0 Å². The second-order valence-electron chi connectivity index (χ2n) is 4.50. The van der Waals surface area contributed by atoms with Gasteiger partial charge in [-0.1, -0.05) is 34.6 Å². The lowest BCUT2D eigenvalue weighted by Crippen LogP contribution is -2.22. The van der Waals surface area contributed by atoms with Crippen molar-refractivity contribution in [3.8, 4) is 0 Å². The molecule has 0 fully saturated rings. The van der Waals surface area contributed by atoms with Gasteiger partial charge in [-0.3, -0.25) is 9.55 Å². The lowest BCUT2D eigenvalue weighted by molar-refractivity contribution is 0.435. The van der Waals surface area contributed by atoms with E-state index in [9.17, 15) is 4.79 Å². The molecule has 22 heavy (non-hydrogen) atoms. The Balaban J connectivity index is 0.00000102. The number of aromatic amines is 1. The van der Waals surface area contributed by atoms with Gasteiger partial charge in [0.2, 0.25) is 0 Å². The van der Waals surface area contributed by atoms with Gasteiger partial charge >= 0.3 is 5.69 Å². The minimum absolute atomic E-state index is 0.0330. The monoisotopic (exact) mass is 308 g/mol. The first kappa shape index (κ1) is 20.4. The molecule has 2 aromatic heterocycles. The highest BCUT2D eigenvalue weighted by Crippen LogP contribution is 2.20. The summed E-state index contributed by atoms with van der Waals surface area (Å²) in [7, 11) is 1.95. The van der Waals surface area contributed by atoms with E-state index in [-0.39, 0.29) is 11.7 Å². The van der Waals surface area contributed by atoms with Gasteiger partial charge in [-0.25, -0.2) is 4.79 Å². The second-order valence-corrected chi connectivity index (χ2v) is 4.50. The van der Waals surface area contributed by atoms with Gasteiger partial charge in [-0.05, 0) is 38.9 Å². The van der Waals surface area contributed by atoms with Gasteiger partial charge in [0.05, 0.1) is 17.2 Å². The van der Waals surface area contributed by atoms with E-state index in [1.54, 1.807) is 12.4 Å². The molecule has 0 saturated carbocycles. The first-order valence-corrected chi connectivity index (χ1v) is 8.46. The Bertz CT molecular complexity index is 559. The average Bonchev–Trinajstić information content (AvgIpc) is 2.91. The molecule has 0 bridgehead atoms. The maximum atomic E-state index is 12.0. The smallest absolute Gasteiger partial charge is 0.320 e. The number of rotatable bonds is 6. The van der Waals surface area contributed by atoms with Crippen LogP contribution in [0, 0.1) is 0 Å². The zero-order chi connectivity index (χ0) is 17.0. The highest BCUT2D eigenvalue weighted by molar-refractivity contribution is 5.73. The molecule has 2 aromatic rings. The molecule has 1 atom stereocenters. The second kappa shape index (κ2) is 12.0. The van der Waals surface area contributed by atoms with Crippen LogP contribution in [0.3, 0.4) is 0 Å². The van der Waals surface area contributed by atoms with E-state index in [2.05, 4.69) is 22.2 Å². The molecule has 126 valence electrons. The van der Waals surface area contributed by atoms with Crippen LogP contribution in [0.15, 0.2) is 23.3 Å². The van der Waals surface area contributed by atoms with Crippen LogP contribution in [-0.4, -0.2) is 28.1 Å². The minimum Gasteiger partial charge on any atom is -0.320 e. The lowest BCUT2D eigenvalue weighted by atomic mass is 10.1. The van der Waals surface area contributed by atoms with Gasteiger partial charge < -0.3 is 10.3 Å². The minimum atomic E-state index is -0.0330. The van der Waals surface area contributed by atoms with Gasteiger partial charge in [0, 0.05) is 12.2 Å². The third kappa shape index (κ3) is 5.30. The van der Waals surface area contributed by atoms with Crippen molar-refractivity contribution >= 4 is 11.0 Å². The number of hydrogen-bond donors (Lipinski definition) is 2. The highest BCUT2D eigenvalue weighted by Gasteiger charge is 2.14. The van der Waals surface area contributed by atoms with Crippen LogP contribution < -0.4 is 11.0 Å². The summed E-state index contributed by atoms with van der Waals surface area (Å²) in [4.78, 5) is 18.9. The van der Waals surface area contributed by atoms with E-state index in [1.807, 2.05) is 45.4 Å². The molecule has 2 heterocycles. The normalized spacial score (nSPS) is 11.2. The number of nitrogens with one attached hydrogen (secondary N) is 2. The van der Waals surface area contributed by atoms with Gasteiger partial charge in [0.1, 0.15) is 0 Å². The Kier molecular flexibility index (Phi) is 11.1. The maximum absolute atomic E-state index is 12.0. The molecule has 0 aromatic carbocycles. The molecule has 0 amide bonds. The number of aromatic nitrogens is 3. The van der Waals surface area contributed by atoms with Crippen molar-refractivity contribution < 1.29 is 0 Å². The summed E-state index contributed by atoms with van der Waals surface area (Å²) < 4.78 is 1.87. The number of pyridine rings is 1. The van der Waals surface area contributed by atoms with Gasteiger partial charge in [-0.2, -0.15) is 0 Å².